The molecule has 0 atom stereocenters. The number of pyridine rings is 1. The van der Waals surface area contributed by atoms with Gasteiger partial charge < -0.3 is 10.6 Å². The molecule has 3 rings (SSSR count). The Bertz CT molecular complexity index is 886. The zero-order chi connectivity index (χ0) is 18.5. The fourth-order valence-corrected chi connectivity index (χ4v) is 3.54. The lowest BCUT2D eigenvalue weighted by molar-refractivity contribution is 0.252. The summed E-state index contributed by atoms with van der Waals surface area (Å²) in [6, 6.07) is 3.66. The van der Waals surface area contributed by atoms with Crippen LogP contribution in [0.1, 0.15) is 24.0 Å². The number of nitrogens with zero attached hydrogens (tertiary/aromatic N) is 4. The molecule has 3 aromatic rings. The van der Waals surface area contributed by atoms with Crippen LogP contribution in [0.2, 0.25) is 0 Å². The van der Waals surface area contributed by atoms with Crippen LogP contribution in [0.4, 0.5) is 10.5 Å². The zero-order valence-electron chi connectivity index (χ0n) is 15.1. The highest BCUT2D eigenvalue weighted by atomic mass is 32.1. The maximum Gasteiger partial charge on any atom is 0.319 e. The molecule has 0 aliphatic rings. The van der Waals surface area contributed by atoms with Crippen molar-refractivity contribution >= 4 is 23.1 Å². The number of rotatable bonds is 6. The van der Waals surface area contributed by atoms with E-state index in [0.717, 1.165) is 39.9 Å². The third-order valence-corrected chi connectivity index (χ3v) is 4.99. The van der Waals surface area contributed by atoms with Crippen LogP contribution in [0.5, 0.6) is 0 Å². The molecule has 8 heteroatoms. The molecule has 0 fully saturated rings. The van der Waals surface area contributed by atoms with E-state index in [1.807, 2.05) is 43.0 Å². The molecule has 26 heavy (non-hydrogen) atoms. The predicted molar refractivity (Wildman–Crippen MR) is 103 cm³/mol. The number of urea groups is 1. The number of hydrogen-bond acceptors (Lipinski definition) is 5. The lowest BCUT2D eigenvalue weighted by Gasteiger charge is -2.07. The quantitative estimate of drug-likeness (QED) is 0.696. The fraction of sp³-hybridized carbons (Fsp3) is 0.333. The Labute approximate surface area is 156 Å². The Balaban J connectivity index is 1.52. The van der Waals surface area contributed by atoms with Gasteiger partial charge >= 0.3 is 6.03 Å². The van der Waals surface area contributed by atoms with Gasteiger partial charge in [0.05, 0.1) is 22.8 Å². The molecule has 0 radical (unpaired) electrons. The number of nitrogens with one attached hydrogen (secondary N) is 2. The Kier molecular flexibility index (Phi) is 5.62. The molecule has 0 spiro atoms. The first-order valence-electron chi connectivity index (χ1n) is 8.52. The third kappa shape index (κ3) is 4.08. The highest BCUT2D eigenvalue weighted by Gasteiger charge is 2.13. The molecule has 0 saturated carbocycles. The van der Waals surface area contributed by atoms with Crippen molar-refractivity contribution in [1.29, 1.82) is 0 Å². The Morgan fingerprint density at radius 2 is 2.19 bits per heavy atom. The summed E-state index contributed by atoms with van der Waals surface area (Å²) in [5, 5.41) is 13.1. The summed E-state index contributed by atoms with van der Waals surface area (Å²) in [6.07, 6.45) is 4.22. The van der Waals surface area contributed by atoms with Gasteiger partial charge in [-0.15, -0.1) is 11.3 Å². The molecule has 0 aromatic carbocycles. The van der Waals surface area contributed by atoms with Gasteiger partial charge in [0.1, 0.15) is 5.01 Å². The monoisotopic (exact) mass is 370 g/mol. The SMILES string of the molecule is CCn1nc(C)c(NC(=O)NCCc2csc(-c3cccnc3)n2)c1C. The van der Waals surface area contributed by atoms with Crippen LogP contribution in [0.25, 0.3) is 10.6 Å². The number of hydrogen-bond donors (Lipinski definition) is 2. The van der Waals surface area contributed by atoms with E-state index >= 15 is 0 Å². The van der Waals surface area contributed by atoms with Gasteiger partial charge in [0.2, 0.25) is 0 Å². The lowest BCUT2D eigenvalue weighted by Crippen LogP contribution is -2.30. The highest BCUT2D eigenvalue weighted by molar-refractivity contribution is 7.13. The van der Waals surface area contributed by atoms with E-state index in [1.165, 1.54) is 0 Å². The molecule has 3 aromatic heterocycles. The summed E-state index contributed by atoms with van der Waals surface area (Å²) in [4.78, 5) is 20.9. The molecule has 0 aliphatic heterocycles. The number of thiazole rings is 1. The van der Waals surface area contributed by atoms with Crippen molar-refractivity contribution in [3.63, 3.8) is 0 Å². The second-order valence-corrected chi connectivity index (χ2v) is 6.74. The van der Waals surface area contributed by atoms with Crippen LogP contribution < -0.4 is 10.6 Å². The summed E-state index contributed by atoms with van der Waals surface area (Å²) < 4.78 is 1.88. The molecule has 0 saturated heterocycles. The van der Waals surface area contributed by atoms with Gasteiger partial charge in [-0.3, -0.25) is 9.67 Å². The van der Waals surface area contributed by atoms with Gasteiger partial charge in [-0.05, 0) is 32.9 Å². The van der Waals surface area contributed by atoms with Crippen LogP contribution in [0.3, 0.4) is 0 Å². The van der Waals surface area contributed by atoms with Gasteiger partial charge in [-0.1, -0.05) is 0 Å². The van der Waals surface area contributed by atoms with Crippen LogP contribution in [-0.2, 0) is 13.0 Å². The van der Waals surface area contributed by atoms with E-state index in [2.05, 4.69) is 25.7 Å². The molecular weight excluding hydrogens is 348 g/mol. The lowest BCUT2D eigenvalue weighted by atomic mass is 10.3. The Hall–Kier alpha value is -2.74. The van der Waals surface area contributed by atoms with E-state index in [4.69, 9.17) is 0 Å². The van der Waals surface area contributed by atoms with Crippen molar-refractivity contribution < 1.29 is 4.79 Å². The van der Waals surface area contributed by atoms with Gasteiger partial charge in [0.15, 0.2) is 0 Å². The standard InChI is InChI=1S/C18H22N6OS/c1-4-24-13(3)16(12(2)23-24)22-18(25)20-9-7-15-11-26-17(21-15)14-6-5-8-19-10-14/h5-6,8,10-11H,4,7,9H2,1-3H3,(H2,20,22,25). The van der Waals surface area contributed by atoms with Crippen LogP contribution in [0.15, 0.2) is 29.9 Å². The van der Waals surface area contributed by atoms with Crippen molar-refractivity contribution in [3.8, 4) is 10.6 Å². The third-order valence-electron chi connectivity index (χ3n) is 4.05. The zero-order valence-corrected chi connectivity index (χ0v) is 15.9. The van der Waals surface area contributed by atoms with E-state index < -0.39 is 0 Å². The number of carbonyl (C=O) groups is 1. The van der Waals surface area contributed by atoms with Crippen molar-refractivity contribution in [1.82, 2.24) is 25.1 Å². The number of amides is 2. The molecule has 0 aliphatic carbocycles. The average Bonchev–Trinajstić information content (AvgIpc) is 3.22. The van der Waals surface area contributed by atoms with Crippen LogP contribution >= 0.6 is 11.3 Å². The second-order valence-electron chi connectivity index (χ2n) is 5.88. The maximum atomic E-state index is 12.1. The molecule has 136 valence electrons. The van der Waals surface area contributed by atoms with Gasteiger partial charge in [-0.25, -0.2) is 9.78 Å². The maximum absolute atomic E-state index is 12.1. The molecular formula is C18H22N6OS. The van der Waals surface area contributed by atoms with Crippen LogP contribution in [0, 0.1) is 13.8 Å². The van der Waals surface area contributed by atoms with Gasteiger partial charge in [-0.2, -0.15) is 5.10 Å². The van der Waals surface area contributed by atoms with Gasteiger partial charge in [0.25, 0.3) is 0 Å². The first kappa shape index (κ1) is 18.1. The van der Waals surface area contributed by atoms with Crippen molar-refractivity contribution in [3.05, 3.63) is 47.0 Å². The van der Waals surface area contributed by atoms with E-state index in [0.29, 0.717) is 13.0 Å². The van der Waals surface area contributed by atoms with Crippen molar-refractivity contribution in [2.45, 2.75) is 33.7 Å². The molecule has 2 N–H and O–H groups in total. The molecule has 0 bridgehead atoms. The fourth-order valence-electron chi connectivity index (χ4n) is 2.69. The Morgan fingerprint density at radius 1 is 1.35 bits per heavy atom. The first-order valence-corrected chi connectivity index (χ1v) is 9.40. The van der Waals surface area contributed by atoms with E-state index in [-0.39, 0.29) is 6.03 Å². The normalized spacial score (nSPS) is 10.7. The number of aryl methyl sites for hydroxylation is 2. The van der Waals surface area contributed by atoms with Crippen molar-refractivity contribution in [2.24, 2.45) is 0 Å². The minimum absolute atomic E-state index is 0.227. The molecule has 0 unspecified atom stereocenters. The predicted octanol–water partition coefficient (Wildman–Crippen LogP) is 3.40. The number of aromatic nitrogens is 4. The number of anilines is 1. The summed E-state index contributed by atoms with van der Waals surface area (Å²) in [5.41, 5.74) is 4.52. The minimum Gasteiger partial charge on any atom is -0.337 e. The van der Waals surface area contributed by atoms with E-state index in [9.17, 15) is 4.79 Å². The largest absolute Gasteiger partial charge is 0.337 e. The summed E-state index contributed by atoms with van der Waals surface area (Å²) in [6.45, 7) is 7.16. The molecule has 3 heterocycles. The van der Waals surface area contributed by atoms with Gasteiger partial charge in [0, 0.05) is 42.8 Å². The Morgan fingerprint density at radius 3 is 2.88 bits per heavy atom. The molecule has 2 amide bonds. The first-order chi connectivity index (χ1) is 12.6. The second kappa shape index (κ2) is 8.09. The average molecular weight is 370 g/mol. The topological polar surface area (TPSA) is 84.7 Å². The van der Waals surface area contributed by atoms with Crippen LogP contribution in [-0.4, -0.2) is 32.3 Å². The summed E-state index contributed by atoms with van der Waals surface area (Å²) in [7, 11) is 0. The molecule has 7 nitrogen and oxygen atoms in total. The number of carbonyl (C=O) groups excluding carboxylic acids is 1. The van der Waals surface area contributed by atoms with E-state index in [1.54, 1.807) is 23.7 Å². The summed E-state index contributed by atoms with van der Waals surface area (Å²) >= 11 is 1.58. The smallest absolute Gasteiger partial charge is 0.319 e. The summed E-state index contributed by atoms with van der Waals surface area (Å²) in [5.74, 6) is 0. The van der Waals surface area contributed by atoms with Crippen molar-refractivity contribution in [2.75, 3.05) is 11.9 Å². The highest BCUT2D eigenvalue weighted by Crippen LogP contribution is 2.22. The minimum atomic E-state index is -0.227.